The quantitative estimate of drug-likeness (QED) is 0.351. The summed E-state index contributed by atoms with van der Waals surface area (Å²) >= 11 is 0. The molecule has 9 nitrogen and oxygen atoms in total. The Labute approximate surface area is 214 Å². The second-order valence-corrected chi connectivity index (χ2v) is 9.23. The molecule has 0 spiro atoms. The van der Waals surface area contributed by atoms with Crippen molar-refractivity contribution in [1.29, 1.82) is 0 Å². The Morgan fingerprint density at radius 3 is 2.58 bits per heavy atom. The van der Waals surface area contributed by atoms with Crippen LogP contribution < -0.4 is 10.4 Å². The maximum atomic E-state index is 13.0. The number of imidazole rings is 2. The Morgan fingerprint density at radius 1 is 1.11 bits per heavy atom. The monoisotopic (exact) mass is 521 g/mol. The molecular formula is C26H22F3N7O2. The summed E-state index contributed by atoms with van der Waals surface area (Å²) in [5.74, 6) is 1.04. The molecule has 0 unspecified atom stereocenters. The van der Waals surface area contributed by atoms with E-state index in [0.29, 0.717) is 34.0 Å². The van der Waals surface area contributed by atoms with Crippen molar-refractivity contribution in [2.24, 2.45) is 7.05 Å². The molecule has 1 N–H and O–H groups in total. The minimum absolute atomic E-state index is 0.131. The molecule has 1 aliphatic carbocycles. The van der Waals surface area contributed by atoms with Crippen LogP contribution in [-0.4, -0.2) is 40.2 Å². The summed E-state index contributed by atoms with van der Waals surface area (Å²) in [6.45, 7) is 0.197. The van der Waals surface area contributed by atoms with Gasteiger partial charge in [0.05, 0.1) is 18.3 Å². The Hall–Kier alpha value is -4.48. The van der Waals surface area contributed by atoms with Gasteiger partial charge in [0.15, 0.2) is 17.2 Å². The third-order valence-corrected chi connectivity index (χ3v) is 6.57. The molecule has 6 rings (SSSR count). The van der Waals surface area contributed by atoms with Crippen LogP contribution in [0.2, 0.25) is 0 Å². The van der Waals surface area contributed by atoms with Gasteiger partial charge in [-0.2, -0.15) is 13.2 Å². The number of H-pyrrole nitrogens is 1. The number of nitrogens with one attached hydrogen (secondary N) is 1. The number of nitrogens with zero attached hydrogens (tertiary/aromatic N) is 6. The lowest BCUT2D eigenvalue weighted by molar-refractivity contribution is -0.140. The zero-order chi connectivity index (χ0) is 26.4. The first kappa shape index (κ1) is 23.9. The smallest absolute Gasteiger partial charge is 0.434 e. The lowest BCUT2D eigenvalue weighted by atomic mass is 9.96. The van der Waals surface area contributed by atoms with Crippen molar-refractivity contribution in [2.45, 2.75) is 38.1 Å². The molecule has 5 aromatic rings. The van der Waals surface area contributed by atoms with E-state index in [-0.39, 0.29) is 24.2 Å². The first-order chi connectivity index (χ1) is 18.3. The van der Waals surface area contributed by atoms with Crippen molar-refractivity contribution >= 4 is 11.2 Å². The molecule has 1 fully saturated rings. The normalized spacial score (nSPS) is 14.1. The number of aryl methyl sites for hydroxylation is 1. The molecule has 1 aliphatic rings. The largest absolute Gasteiger partial charge is 0.474 e. The first-order valence-corrected chi connectivity index (χ1v) is 12.0. The molecule has 12 heteroatoms. The van der Waals surface area contributed by atoms with Crippen molar-refractivity contribution in [3.63, 3.8) is 0 Å². The Kier molecular flexibility index (Phi) is 5.73. The highest BCUT2D eigenvalue weighted by atomic mass is 19.4. The molecule has 0 aliphatic heterocycles. The fraction of sp³-hybridized carbons (Fsp3) is 0.269. The van der Waals surface area contributed by atoms with E-state index in [2.05, 4.69) is 24.9 Å². The van der Waals surface area contributed by atoms with E-state index in [1.807, 2.05) is 6.07 Å². The van der Waals surface area contributed by atoms with E-state index in [4.69, 9.17) is 4.74 Å². The van der Waals surface area contributed by atoms with Gasteiger partial charge in [0.2, 0.25) is 5.88 Å². The molecule has 0 amide bonds. The summed E-state index contributed by atoms with van der Waals surface area (Å²) in [7, 11) is 1.51. The number of aromatic nitrogens is 7. The standard InChI is InChI=1S/C26H22F3N7O2/c1-35-14-20(26(27,28)29)33-22(35)16-9-7-15(8-10-16)13-36-23-19(32-25(36)37)12-31-21(34-23)18-6-3-11-30-24(18)38-17-4-2-5-17/h3,6-12,14,17H,2,4-5,13H2,1H3,(H,32,37). The predicted octanol–water partition coefficient (Wildman–Crippen LogP) is 4.58. The van der Waals surface area contributed by atoms with Crippen LogP contribution in [0.4, 0.5) is 13.2 Å². The Morgan fingerprint density at radius 2 is 1.89 bits per heavy atom. The molecule has 4 aromatic heterocycles. The lowest BCUT2D eigenvalue weighted by Crippen LogP contribution is -2.25. The first-order valence-electron chi connectivity index (χ1n) is 12.0. The van der Waals surface area contributed by atoms with Crippen LogP contribution in [0.15, 0.2) is 59.8 Å². The van der Waals surface area contributed by atoms with Gasteiger partial charge in [-0.1, -0.05) is 24.3 Å². The van der Waals surface area contributed by atoms with Gasteiger partial charge >= 0.3 is 11.9 Å². The van der Waals surface area contributed by atoms with Gasteiger partial charge in [0, 0.05) is 25.0 Å². The zero-order valence-electron chi connectivity index (χ0n) is 20.2. The highest BCUT2D eigenvalue weighted by Gasteiger charge is 2.34. The Balaban J connectivity index is 1.30. The number of fused-ring (bicyclic) bond motifs is 1. The van der Waals surface area contributed by atoms with Crippen LogP contribution in [-0.2, 0) is 19.8 Å². The van der Waals surface area contributed by atoms with E-state index >= 15 is 0 Å². The van der Waals surface area contributed by atoms with Gasteiger partial charge in [-0.05, 0) is 37.0 Å². The molecule has 1 saturated carbocycles. The molecule has 0 saturated heterocycles. The number of pyridine rings is 1. The van der Waals surface area contributed by atoms with E-state index in [0.717, 1.165) is 31.0 Å². The van der Waals surface area contributed by atoms with Gasteiger partial charge in [-0.25, -0.2) is 24.7 Å². The molecular weight excluding hydrogens is 499 g/mol. The Bertz CT molecular complexity index is 1680. The summed E-state index contributed by atoms with van der Waals surface area (Å²) < 4.78 is 48.0. The number of aromatic amines is 1. The zero-order valence-corrected chi connectivity index (χ0v) is 20.2. The summed E-state index contributed by atoms with van der Waals surface area (Å²) in [5.41, 5.74) is 1.52. The number of rotatable bonds is 6. The third-order valence-electron chi connectivity index (χ3n) is 6.57. The second-order valence-electron chi connectivity index (χ2n) is 9.23. The minimum atomic E-state index is -4.52. The van der Waals surface area contributed by atoms with Crippen molar-refractivity contribution < 1.29 is 17.9 Å². The van der Waals surface area contributed by atoms with Crippen molar-refractivity contribution in [1.82, 2.24) is 34.1 Å². The van der Waals surface area contributed by atoms with E-state index < -0.39 is 11.9 Å². The molecule has 0 bridgehead atoms. The molecule has 194 valence electrons. The van der Waals surface area contributed by atoms with E-state index in [1.165, 1.54) is 16.2 Å². The third kappa shape index (κ3) is 4.42. The van der Waals surface area contributed by atoms with Gasteiger partial charge in [-0.3, -0.25) is 4.57 Å². The van der Waals surface area contributed by atoms with Crippen molar-refractivity contribution in [2.75, 3.05) is 0 Å². The van der Waals surface area contributed by atoms with Crippen LogP contribution in [0, 0.1) is 0 Å². The second kappa shape index (κ2) is 9.12. The maximum Gasteiger partial charge on any atom is 0.434 e. The van der Waals surface area contributed by atoms with Gasteiger partial charge in [0.1, 0.15) is 17.4 Å². The van der Waals surface area contributed by atoms with Crippen LogP contribution in [0.3, 0.4) is 0 Å². The number of hydrogen-bond acceptors (Lipinski definition) is 6. The maximum absolute atomic E-state index is 13.0. The van der Waals surface area contributed by atoms with Crippen LogP contribution in [0.5, 0.6) is 5.88 Å². The number of hydrogen-bond donors (Lipinski definition) is 1. The van der Waals surface area contributed by atoms with Gasteiger partial charge in [-0.15, -0.1) is 0 Å². The van der Waals surface area contributed by atoms with Gasteiger partial charge in [0.25, 0.3) is 0 Å². The van der Waals surface area contributed by atoms with E-state index in [1.54, 1.807) is 42.7 Å². The lowest BCUT2D eigenvalue weighted by Gasteiger charge is -2.26. The highest BCUT2D eigenvalue weighted by molar-refractivity contribution is 5.74. The fourth-order valence-corrected chi connectivity index (χ4v) is 4.34. The molecule has 0 radical (unpaired) electrons. The predicted molar refractivity (Wildman–Crippen MR) is 132 cm³/mol. The average molecular weight is 522 g/mol. The number of ether oxygens (including phenoxy) is 1. The average Bonchev–Trinajstić information content (AvgIpc) is 3.41. The summed E-state index contributed by atoms with van der Waals surface area (Å²) in [5, 5.41) is 0. The van der Waals surface area contributed by atoms with Gasteiger partial charge < -0.3 is 14.3 Å². The van der Waals surface area contributed by atoms with Crippen LogP contribution in [0.1, 0.15) is 30.5 Å². The molecule has 38 heavy (non-hydrogen) atoms. The van der Waals surface area contributed by atoms with Crippen molar-refractivity contribution in [3.05, 3.63) is 76.7 Å². The van der Waals surface area contributed by atoms with Crippen LogP contribution >= 0.6 is 0 Å². The topological polar surface area (TPSA) is 104 Å². The number of benzene rings is 1. The summed E-state index contributed by atoms with van der Waals surface area (Å²) in [6.07, 6.45) is 2.86. The van der Waals surface area contributed by atoms with Crippen molar-refractivity contribution in [3.8, 4) is 28.7 Å². The summed E-state index contributed by atoms with van der Waals surface area (Å²) in [4.78, 5) is 32.7. The number of alkyl halides is 3. The summed E-state index contributed by atoms with van der Waals surface area (Å²) in [6, 6.07) is 10.5. The fourth-order valence-electron chi connectivity index (χ4n) is 4.34. The number of halogens is 3. The molecule has 4 heterocycles. The molecule has 1 aromatic carbocycles. The highest BCUT2D eigenvalue weighted by Crippen LogP contribution is 2.32. The SMILES string of the molecule is Cn1cc(C(F)(F)F)nc1-c1ccc(Cn2c(=O)[nH]c3cnc(-c4cccnc4OC4CCC4)nc32)cc1. The van der Waals surface area contributed by atoms with Crippen LogP contribution in [0.25, 0.3) is 33.9 Å². The van der Waals surface area contributed by atoms with E-state index in [9.17, 15) is 18.0 Å². The molecule has 0 atom stereocenters. The minimum Gasteiger partial charge on any atom is -0.474 e.